The smallest absolute Gasteiger partial charge is 0.247 e. The number of hydrogen-bond acceptors (Lipinski definition) is 2. The molecule has 1 aromatic rings. The predicted octanol–water partition coefficient (Wildman–Crippen LogP) is 3.28. The summed E-state index contributed by atoms with van der Waals surface area (Å²) in [5.74, 6) is -0.124. The average Bonchev–Trinajstić information content (AvgIpc) is 2.93. The summed E-state index contributed by atoms with van der Waals surface area (Å²) >= 11 is 5.97. The van der Waals surface area contributed by atoms with Gasteiger partial charge in [-0.15, -0.1) is 0 Å². The minimum atomic E-state index is -0.469. The van der Waals surface area contributed by atoms with Crippen LogP contribution in [0, 0.1) is 12.8 Å². The van der Waals surface area contributed by atoms with Gasteiger partial charge in [0.25, 0.3) is 0 Å². The molecule has 21 heavy (non-hydrogen) atoms. The Labute approximate surface area is 130 Å². The highest BCUT2D eigenvalue weighted by molar-refractivity contribution is 6.31. The number of aryl methyl sites for hydroxylation is 1. The van der Waals surface area contributed by atoms with Crippen molar-refractivity contribution in [2.45, 2.75) is 45.6 Å². The van der Waals surface area contributed by atoms with Crippen molar-refractivity contribution in [2.24, 2.45) is 5.92 Å². The number of rotatable bonds is 4. The van der Waals surface area contributed by atoms with Crippen molar-refractivity contribution in [1.82, 2.24) is 5.32 Å². The summed E-state index contributed by atoms with van der Waals surface area (Å²) in [6, 6.07) is 4.91. The van der Waals surface area contributed by atoms with E-state index in [1.54, 1.807) is 12.1 Å². The van der Waals surface area contributed by atoms with Gasteiger partial charge in [0.05, 0.1) is 0 Å². The third-order valence-electron chi connectivity index (χ3n) is 3.97. The molecule has 2 rings (SSSR count). The van der Waals surface area contributed by atoms with Gasteiger partial charge in [0.15, 0.2) is 0 Å². The van der Waals surface area contributed by atoms with Gasteiger partial charge < -0.3 is 10.6 Å². The largest absolute Gasteiger partial charge is 0.344 e. The first-order valence-electron chi connectivity index (χ1n) is 7.31. The zero-order valence-electron chi connectivity index (χ0n) is 12.4. The van der Waals surface area contributed by atoms with E-state index in [1.807, 2.05) is 13.0 Å². The summed E-state index contributed by atoms with van der Waals surface area (Å²) in [5.41, 5.74) is 1.64. The SMILES string of the molecule is CC(=O)NC(C(=O)Nc1cc(Cl)ccc1C)C1CCCC1. The molecule has 0 aliphatic heterocycles. The van der Waals surface area contributed by atoms with E-state index in [4.69, 9.17) is 11.6 Å². The van der Waals surface area contributed by atoms with Gasteiger partial charge in [-0.25, -0.2) is 0 Å². The molecule has 1 aromatic carbocycles. The molecule has 4 nitrogen and oxygen atoms in total. The van der Waals surface area contributed by atoms with Crippen LogP contribution >= 0.6 is 11.6 Å². The van der Waals surface area contributed by atoms with E-state index >= 15 is 0 Å². The summed E-state index contributed by atoms with van der Waals surface area (Å²) < 4.78 is 0. The van der Waals surface area contributed by atoms with Gasteiger partial charge in [0, 0.05) is 17.6 Å². The average molecular weight is 309 g/mol. The lowest BCUT2D eigenvalue weighted by Crippen LogP contribution is -2.47. The second kappa shape index (κ2) is 6.94. The Hall–Kier alpha value is -1.55. The van der Waals surface area contributed by atoms with Crippen LogP contribution < -0.4 is 10.6 Å². The molecule has 1 atom stereocenters. The summed E-state index contributed by atoms with van der Waals surface area (Å²) in [4.78, 5) is 23.9. The molecule has 5 heteroatoms. The van der Waals surface area contributed by atoms with Crippen molar-refractivity contribution in [2.75, 3.05) is 5.32 Å². The van der Waals surface area contributed by atoms with Crippen molar-refractivity contribution < 1.29 is 9.59 Å². The standard InChI is InChI=1S/C16H21ClN2O2/c1-10-7-8-13(17)9-14(10)19-16(21)15(18-11(2)20)12-5-3-4-6-12/h7-9,12,15H,3-6H2,1-2H3,(H,18,20)(H,19,21). The molecule has 2 N–H and O–H groups in total. The van der Waals surface area contributed by atoms with E-state index in [2.05, 4.69) is 10.6 Å². The van der Waals surface area contributed by atoms with Crippen molar-refractivity contribution >= 4 is 29.1 Å². The lowest BCUT2D eigenvalue weighted by molar-refractivity contribution is -0.126. The summed E-state index contributed by atoms with van der Waals surface area (Å²) in [6.45, 7) is 3.36. The van der Waals surface area contributed by atoms with Crippen LogP contribution in [0.1, 0.15) is 38.2 Å². The lowest BCUT2D eigenvalue weighted by Gasteiger charge is -2.23. The molecule has 0 heterocycles. The van der Waals surface area contributed by atoms with Crippen LogP contribution in [-0.4, -0.2) is 17.9 Å². The molecule has 1 aliphatic carbocycles. The summed E-state index contributed by atoms with van der Waals surface area (Å²) in [6.07, 6.45) is 4.19. The van der Waals surface area contributed by atoms with E-state index in [9.17, 15) is 9.59 Å². The summed E-state index contributed by atoms with van der Waals surface area (Å²) in [7, 11) is 0. The third kappa shape index (κ3) is 4.21. The molecule has 0 radical (unpaired) electrons. The zero-order valence-corrected chi connectivity index (χ0v) is 13.2. The Morgan fingerprint density at radius 1 is 1.29 bits per heavy atom. The first-order chi connectivity index (χ1) is 9.97. The van der Waals surface area contributed by atoms with E-state index < -0.39 is 6.04 Å². The monoisotopic (exact) mass is 308 g/mol. The number of carbonyl (C=O) groups excluding carboxylic acids is 2. The first-order valence-corrected chi connectivity index (χ1v) is 7.69. The normalized spacial score (nSPS) is 16.5. The van der Waals surface area contributed by atoms with Crippen LogP contribution in [-0.2, 0) is 9.59 Å². The van der Waals surface area contributed by atoms with Gasteiger partial charge >= 0.3 is 0 Å². The fraction of sp³-hybridized carbons (Fsp3) is 0.500. The van der Waals surface area contributed by atoms with Gasteiger partial charge in [-0.2, -0.15) is 0 Å². The molecule has 1 saturated carbocycles. The second-order valence-electron chi connectivity index (χ2n) is 5.67. The molecule has 0 spiro atoms. The number of halogens is 1. The molecule has 1 aliphatic rings. The summed E-state index contributed by atoms with van der Waals surface area (Å²) in [5, 5.41) is 6.26. The van der Waals surface area contributed by atoms with Crippen molar-refractivity contribution in [3.63, 3.8) is 0 Å². The lowest BCUT2D eigenvalue weighted by atomic mass is 9.97. The van der Waals surface area contributed by atoms with E-state index in [1.165, 1.54) is 6.92 Å². The van der Waals surface area contributed by atoms with Crippen LogP contribution in [0.3, 0.4) is 0 Å². The fourth-order valence-corrected chi connectivity index (χ4v) is 3.02. The number of hydrogen-bond donors (Lipinski definition) is 2. The second-order valence-corrected chi connectivity index (χ2v) is 6.11. The Balaban J connectivity index is 2.13. The maximum absolute atomic E-state index is 12.5. The van der Waals surface area contributed by atoms with Gasteiger partial charge in [-0.05, 0) is 43.4 Å². The highest BCUT2D eigenvalue weighted by Gasteiger charge is 2.31. The number of nitrogens with one attached hydrogen (secondary N) is 2. The highest BCUT2D eigenvalue weighted by atomic mass is 35.5. The number of carbonyl (C=O) groups is 2. The molecular formula is C16H21ClN2O2. The fourth-order valence-electron chi connectivity index (χ4n) is 2.85. The predicted molar refractivity (Wildman–Crippen MR) is 84.4 cm³/mol. The molecule has 1 unspecified atom stereocenters. The van der Waals surface area contributed by atoms with E-state index in [0.29, 0.717) is 10.7 Å². The Kier molecular flexibility index (Phi) is 5.23. The van der Waals surface area contributed by atoms with Gasteiger partial charge in [-0.3, -0.25) is 9.59 Å². The van der Waals surface area contributed by atoms with Gasteiger partial charge in [0.2, 0.25) is 11.8 Å². The van der Waals surface area contributed by atoms with Crippen molar-refractivity contribution in [3.05, 3.63) is 28.8 Å². The zero-order chi connectivity index (χ0) is 15.4. The number of benzene rings is 1. The Bertz CT molecular complexity index is 539. The van der Waals surface area contributed by atoms with E-state index in [-0.39, 0.29) is 17.7 Å². The quantitative estimate of drug-likeness (QED) is 0.896. The maximum atomic E-state index is 12.5. The molecule has 0 saturated heterocycles. The van der Waals surface area contributed by atoms with Crippen LogP contribution in [0.5, 0.6) is 0 Å². The third-order valence-corrected chi connectivity index (χ3v) is 4.21. The highest BCUT2D eigenvalue weighted by Crippen LogP contribution is 2.29. The molecule has 2 amide bonds. The van der Waals surface area contributed by atoms with Crippen molar-refractivity contribution in [1.29, 1.82) is 0 Å². The Morgan fingerprint density at radius 3 is 2.57 bits per heavy atom. The maximum Gasteiger partial charge on any atom is 0.247 e. The van der Waals surface area contributed by atoms with Gasteiger partial charge in [0.1, 0.15) is 6.04 Å². The molecular weight excluding hydrogens is 288 g/mol. The van der Waals surface area contributed by atoms with Gasteiger partial charge in [-0.1, -0.05) is 30.5 Å². The van der Waals surface area contributed by atoms with Crippen LogP contribution in [0.15, 0.2) is 18.2 Å². The molecule has 114 valence electrons. The van der Waals surface area contributed by atoms with E-state index in [0.717, 1.165) is 31.2 Å². The minimum absolute atomic E-state index is 0.164. The van der Waals surface area contributed by atoms with Crippen molar-refractivity contribution in [3.8, 4) is 0 Å². The minimum Gasteiger partial charge on any atom is -0.344 e. The van der Waals surface area contributed by atoms with Crippen LogP contribution in [0.4, 0.5) is 5.69 Å². The number of amides is 2. The molecule has 0 aromatic heterocycles. The first kappa shape index (κ1) is 15.8. The van der Waals surface area contributed by atoms with Crippen LogP contribution in [0.2, 0.25) is 5.02 Å². The van der Waals surface area contributed by atoms with Crippen LogP contribution in [0.25, 0.3) is 0 Å². The number of anilines is 1. The Morgan fingerprint density at radius 2 is 1.95 bits per heavy atom. The molecule has 0 bridgehead atoms. The molecule has 1 fully saturated rings. The topological polar surface area (TPSA) is 58.2 Å².